The molecular formula is C15H26N4O. The van der Waals surface area contributed by atoms with Crippen LogP contribution in [0.15, 0.2) is 0 Å². The highest BCUT2D eigenvalue weighted by Crippen LogP contribution is 2.24. The van der Waals surface area contributed by atoms with E-state index in [0.717, 1.165) is 56.1 Å². The Hall–Kier alpha value is -1.36. The molecule has 2 heterocycles. The van der Waals surface area contributed by atoms with E-state index >= 15 is 0 Å². The fourth-order valence-corrected chi connectivity index (χ4v) is 2.61. The summed E-state index contributed by atoms with van der Waals surface area (Å²) in [4.78, 5) is 8.97. The number of aromatic nitrogens is 2. The molecule has 5 heteroatoms. The number of nitrogens with zero attached hydrogens (tertiary/aromatic N) is 2. The minimum absolute atomic E-state index is 0.376. The molecule has 1 atom stereocenters. The first kappa shape index (κ1) is 15.0. The Morgan fingerprint density at radius 1 is 1.35 bits per heavy atom. The maximum Gasteiger partial charge on any atom is 0.134 e. The molecule has 1 fully saturated rings. The average Bonchev–Trinajstić information content (AvgIpc) is 2.45. The molecule has 1 unspecified atom stereocenters. The van der Waals surface area contributed by atoms with E-state index in [0.29, 0.717) is 17.8 Å². The minimum Gasteiger partial charge on any atom is -0.383 e. The molecule has 0 amide bonds. The molecular weight excluding hydrogens is 252 g/mol. The van der Waals surface area contributed by atoms with E-state index in [4.69, 9.17) is 10.5 Å². The number of hydrogen-bond donors (Lipinski definition) is 2. The van der Waals surface area contributed by atoms with E-state index < -0.39 is 0 Å². The van der Waals surface area contributed by atoms with Gasteiger partial charge in [0.1, 0.15) is 17.5 Å². The first-order valence-corrected chi connectivity index (χ1v) is 7.59. The van der Waals surface area contributed by atoms with Crippen LogP contribution in [0.3, 0.4) is 0 Å². The molecule has 1 aliphatic rings. The van der Waals surface area contributed by atoms with E-state index in [1.807, 2.05) is 6.92 Å². The van der Waals surface area contributed by atoms with Gasteiger partial charge in [-0.1, -0.05) is 6.92 Å². The second-order valence-electron chi connectivity index (χ2n) is 5.63. The molecule has 1 aromatic heterocycles. The van der Waals surface area contributed by atoms with Crippen molar-refractivity contribution in [3.63, 3.8) is 0 Å². The second-order valence-corrected chi connectivity index (χ2v) is 5.63. The molecule has 1 aliphatic heterocycles. The normalized spacial score (nSPS) is 17.9. The second kappa shape index (κ2) is 6.88. The van der Waals surface area contributed by atoms with Crippen LogP contribution in [0.2, 0.25) is 0 Å². The summed E-state index contributed by atoms with van der Waals surface area (Å²) < 4.78 is 5.42. The predicted octanol–water partition coefficient (Wildman–Crippen LogP) is 2.55. The largest absolute Gasteiger partial charge is 0.383 e. The summed E-state index contributed by atoms with van der Waals surface area (Å²) >= 11 is 0. The molecule has 5 nitrogen and oxygen atoms in total. The van der Waals surface area contributed by atoms with Crippen molar-refractivity contribution in [3.8, 4) is 0 Å². The lowest BCUT2D eigenvalue weighted by Gasteiger charge is -2.29. The Bertz CT molecular complexity index is 444. The molecule has 1 saturated heterocycles. The molecule has 0 saturated carbocycles. The van der Waals surface area contributed by atoms with Crippen molar-refractivity contribution in [1.82, 2.24) is 9.97 Å². The Morgan fingerprint density at radius 3 is 2.70 bits per heavy atom. The van der Waals surface area contributed by atoms with Gasteiger partial charge in [0.25, 0.3) is 0 Å². The van der Waals surface area contributed by atoms with Gasteiger partial charge in [-0.15, -0.1) is 0 Å². The fraction of sp³-hybridized carbons (Fsp3) is 0.733. The molecule has 0 bridgehead atoms. The third-order valence-corrected chi connectivity index (χ3v) is 4.04. The summed E-state index contributed by atoms with van der Waals surface area (Å²) in [7, 11) is 0. The van der Waals surface area contributed by atoms with Crippen molar-refractivity contribution in [1.29, 1.82) is 0 Å². The Labute approximate surface area is 121 Å². The maximum atomic E-state index is 5.99. The van der Waals surface area contributed by atoms with Gasteiger partial charge in [0.2, 0.25) is 0 Å². The number of aryl methyl sites for hydroxylation is 1. The number of nitrogens with two attached hydrogens (primary N) is 1. The smallest absolute Gasteiger partial charge is 0.134 e. The van der Waals surface area contributed by atoms with Gasteiger partial charge in [-0.05, 0) is 39.0 Å². The number of nitrogens with one attached hydrogen (secondary N) is 1. The standard InChI is InChI=1S/C15H26N4O/c1-4-5-13-18-14(16)10(2)15(19-13)17-11(3)12-6-8-20-9-7-12/h11-12H,4-9H2,1-3H3,(H3,16,17,18,19). The number of anilines is 2. The van der Waals surface area contributed by atoms with Gasteiger partial charge in [-0.3, -0.25) is 0 Å². The molecule has 0 radical (unpaired) electrons. The van der Waals surface area contributed by atoms with Crippen LogP contribution >= 0.6 is 0 Å². The maximum absolute atomic E-state index is 5.99. The first-order valence-electron chi connectivity index (χ1n) is 7.59. The summed E-state index contributed by atoms with van der Waals surface area (Å²) in [6.45, 7) is 8.04. The van der Waals surface area contributed by atoms with Crippen LogP contribution < -0.4 is 11.1 Å². The summed E-state index contributed by atoms with van der Waals surface area (Å²) in [5.74, 6) is 2.94. The van der Waals surface area contributed by atoms with Gasteiger partial charge in [0.15, 0.2) is 0 Å². The lowest BCUT2D eigenvalue weighted by molar-refractivity contribution is 0.0622. The molecule has 2 rings (SSSR count). The van der Waals surface area contributed by atoms with E-state index in [2.05, 4.69) is 29.1 Å². The summed E-state index contributed by atoms with van der Waals surface area (Å²) in [5.41, 5.74) is 6.94. The van der Waals surface area contributed by atoms with E-state index in [-0.39, 0.29) is 0 Å². The van der Waals surface area contributed by atoms with Crippen LogP contribution in [0, 0.1) is 12.8 Å². The third kappa shape index (κ3) is 3.60. The molecule has 0 aliphatic carbocycles. The van der Waals surface area contributed by atoms with Gasteiger partial charge >= 0.3 is 0 Å². The van der Waals surface area contributed by atoms with Crippen molar-refractivity contribution in [3.05, 3.63) is 11.4 Å². The Balaban J connectivity index is 2.10. The van der Waals surface area contributed by atoms with Crippen molar-refractivity contribution in [2.45, 2.75) is 52.5 Å². The van der Waals surface area contributed by atoms with Gasteiger partial charge in [-0.2, -0.15) is 0 Å². The fourth-order valence-electron chi connectivity index (χ4n) is 2.61. The zero-order chi connectivity index (χ0) is 14.5. The molecule has 0 aromatic carbocycles. The van der Waals surface area contributed by atoms with Crippen molar-refractivity contribution < 1.29 is 4.74 Å². The highest BCUT2D eigenvalue weighted by atomic mass is 16.5. The average molecular weight is 278 g/mol. The van der Waals surface area contributed by atoms with Gasteiger partial charge in [0, 0.05) is 31.2 Å². The summed E-state index contributed by atoms with van der Waals surface area (Å²) in [6.07, 6.45) is 4.10. The zero-order valence-electron chi connectivity index (χ0n) is 12.8. The molecule has 112 valence electrons. The van der Waals surface area contributed by atoms with Crippen molar-refractivity contribution in [2.24, 2.45) is 5.92 Å². The molecule has 0 spiro atoms. The van der Waals surface area contributed by atoms with Crippen LogP contribution in [0.4, 0.5) is 11.6 Å². The highest BCUT2D eigenvalue weighted by molar-refractivity contribution is 5.55. The van der Waals surface area contributed by atoms with Crippen molar-refractivity contribution >= 4 is 11.6 Å². The summed E-state index contributed by atoms with van der Waals surface area (Å²) in [6, 6.07) is 0.376. The number of ether oxygens (including phenoxy) is 1. The number of nitrogen functional groups attached to an aromatic ring is 1. The Morgan fingerprint density at radius 2 is 2.05 bits per heavy atom. The topological polar surface area (TPSA) is 73.1 Å². The Kier molecular flexibility index (Phi) is 5.17. The first-order chi connectivity index (χ1) is 9.61. The van der Waals surface area contributed by atoms with Crippen LogP contribution in [-0.4, -0.2) is 29.2 Å². The van der Waals surface area contributed by atoms with Crippen LogP contribution in [0.25, 0.3) is 0 Å². The summed E-state index contributed by atoms with van der Waals surface area (Å²) in [5, 5.41) is 3.53. The monoisotopic (exact) mass is 278 g/mol. The number of hydrogen-bond acceptors (Lipinski definition) is 5. The molecule has 1 aromatic rings. The van der Waals surface area contributed by atoms with Gasteiger partial charge in [0.05, 0.1) is 0 Å². The van der Waals surface area contributed by atoms with Gasteiger partial charge in [-0.25, -0.2) is 9.97 Å². The van der Waals surface area contributed by atoms with Crippen LogP contribution in [0.5, 0.6) is 0 Å². The molecule has 3 N–H and O–H groups in total. The van der Waals surface area contributed by atoms with E-state index in [1.165, 1.54) is 0 Å². The lowest BCUT2D eigenvalue weighted by Crippen LogP contribution is -2.31. The van der Waals surface area contributed by atoms with Crippen LogP contribution in [-0.2, 0) is 11.2 Å². The van der Waals surface area contributed by atoms with E-state index in [1.54, 1.807) is 0 Å². The SMILES string of the molecule is CCCc1nc(N)c(C)c(NC(C)C2CCOCC2)n1. The third-order valence-electron chi connectivity index (χ3n) is 4.04. The minimum atomic E-state index is 0.376. The van der Waals surface area contributed by atoms with Crippen LogP contribution in [0.1, 0.15) is 44.5 Å². The highest BCUT2D eigenvalue weighted by Gasteiger charge is 2.21. The predicted molar refractivity (Wildman–Crippen MR) is 81.8 cm³/mol. The zero-order valence-corrected chi connectivity index (χ0v) is 12.8. The number of rotatable bonds is 5. The molecule has 20 heavy (non-hydrogen) atoms. The van der Waals surface area contributed by atoms with E-state index in [9.17, 15) is 0 Å². The quantitative estimate of drug-likeness (QED) is 0.866. The van der Waals surface area contributed by atoms with Gasteiger partial charge < -0.3 is 15.8 Å². The lowest BCUT2D eigenvalue weighted by atomic mass is 9.93. The van der Waals surface area contributed by atoms with Crippen molar-refractivity contribution in [2.75, 3.05) is 24.3 Å².